The van der Waals surface area contributed by atoms with Gasteiger partial charge in [-0.15, -0.1) is 0 Å². The van der Waals surface area contributed by atoms with Gasteiger partial charge in [-0.25, -0.2) is 4.99 Å². The first-order valence-electron chi connectivity index (χ1n) is 6.75. The molecule has 5 nitrogen and oxygen atoms in total. The Hall–Kier alpha value is -2.95. The molecule has 0 atom stereocenters. The topological polar surface area (TPSA) is 70.0 Å². The van der Waals surface area contributed by atoms with E-state index < -0.39 is 0 Å². The van der Waals surface area contributed by atoms with E-state index in [0.717, 1.165) is 0 Å². The second-order valence-electron chi connectivity index (χ2n) is 5.27. The average Bonchev–Trinajstić information content (AvgIpc) is 2.51. The van der Waals surface area contributed by atoms with Gasteiger partial charge >= 0.3 is 0 Å². The van der Waals surface area contributed by atoms with Gasteiger partial charge in [-0.2, -0.15) is 0 Å². The molecule has 0 amide bonds. The first-order valence-corrected chi connectivity index (χ1v) is 6.75. The van der Waals surface area contributed by atoms with Crippen molar-refractivity contribution in [3.8, 4) is 5.75 Å². The molecule has 110 valence electrons. The predicted molar refractivity (Wildman–Crippen MR) is 83.3 cm³/mol. The lowest BCUT2D eigenvalue weighted by Crippen LogP contribution is -2.21. The lowest BCUT2D eigenvalue weighted by Gasteiger charge is -2.19. The van der Waals surface area contributed by atoms with Crippen molar-refractivity contribution < 1.29 is 14.7 Å². The third kappa shape index (κ3) is 2.07. The Labute approximate surface area is 127 Å². The van der Waals surface area contributed by atoms with Gasteiger partial charge in [0.1, 0.15) is 5.75 Å². The molecule has 2 aromatic carbocycles. The summed E-state index contributed by atoms with van der Waals surface area (Å²) in [4.78, 5) is 31.3. The van der Waals surface area contributed by atoms with E-state index in [4.69, 9.17) is 0 Å². The highest BCUT2D eigenvalue weighted by atomic mass is 16.3. The Bertz CT molecular complexity index is 823. The van der Waals surface area contributed by atoms with E-state index in [9.17, 15) is 14.7 Å². The summed E-state index contributed by atoms with van der Waals surface area (Å²) in [5.41, 5.74) is 1.20. The second-order valence-corrected chi connectivity index (χ2v) is 5.27. The van der Waals surface area contributed by atoms with Crippen LogP contribution in [0.15, 0.2) is 41.4 Å². The number of rotatable bonds is 2. The molecule has 22 heavy (non-hydrogen) atoms. The Morgan fingerprint density at radius 1 is 0.955 bits per heavy atom. The van der Waals surface area contributed by atoms with Crippen molar-refractivity contribution in [2.24, 2.45) is 4.99 Å². The Balaban J connectivity index is 2.27. The Kier molecular flexibility index (Phi) is 3.25. The van der Waals surface area contributed by atoms with E-state index in [-0.39, 0.29) is 28.4 Å². The van der Waals surface area contributed by atoms with Crippen LogP contribution >= 0.6 is 0 Å². The average molecular weight is 294 g/mol. The third-order valence-corrected chi connectivity index (χ3v) is 3.46. The van der Waals surface area contributed by atoms with Gasteiger partial charge in [0.05, 0.1) is 23.2 Å². The minimum absolute atomic E-state index is 0.0251. The van der Waals surface area contributed by atoms with Crippen molar-refractivity contribution in [1.82, 2.24) is 4.90 Å². The number of carbonyl (C=O) groups is 2. The van der Waals surface area contributed by atoms with Crippen molar-refractivity contribution in [3.63, 3.8) is 0 Å². The van der Waals surface area contributed by atoms with Crippen LogP contribution in [0.2, 0.25) is 0 Å². The van der Waals surface area contributed by atoms with Crippen LogP contribution in [0.1, 0.15) is 31.8 Å². The van der Waals surface area contributed by atoms with Crippen LogP contribution in [0.25, 0.3) is 0 Å². The first-order chi connectivity index (χ1) is 10.5. The monoisotopic (exact) mass is 294 g/mol. The highest BCUT2D eigenvalue weighted by Gasteiger charge is 2.33. The second kappa shape index (κ2) is 5.11. The van der Waals surface area contributed by atoms with Crippen LogP contribution < -0.4 is 0 Å². The largest absolute Gasteiger partial charge is 0.507 e. The fraction of sp³-hybridized carbons (Fsp3) is 0.118. The zero-order valence-corrected chi connectivity index (χ0v) is 12.2. The summed E-state index contributed by atoms with van der Waals surface area (Å²) >= 11 is 0. The van der Waals surface area contributed by atoms with Crippen LogP contribution in [-0.2, 0) is 0 Å². The summed E-state index contributed by atoms with van der Waals surface area (Å²) in [6.45, 7) is 0. The van der Waals surface area contributed by atoms with Gasteiger partial charge in [0, 0.05) is 25.2 Å². The van der Waals surface area contributed by atoms with Crippen molar-refractivity contribution in [1.29, 1.82) is 0 Å². The molecule has 1 aliphatic carbocycles. The molecule has 0 aliphatic heterocycles. The smallest absolute Gasteiger partial charge is 0.198 e. The summed E-state index contributed by atoms with van der Waals surface area (Å²) in [5.74, 6) is -0.858. The summed E-state index contributed by atoms with van der Waals surface area (Å²) in [6, 6.07) is 9.53. The number of carbonyl (C=O) groups excluding carboxylic acids is 2. The summed E-state index contributed by atoms with van der Waals surface area (Å²) in [7, 11) is 3.61. The van der Waals surface area contributed by atoms with Crippen molar-refractivity contribution in [2.45, 2.75) is 0 Å². The van der Waals surface area contributed by atoms with Crippen LogP contribution in [0.5, 0.6) is 5.75 Å². The van der Waals surface area contributed by atoms with Crippen LogP contribution in [0.4, 0.5) is 5.69 Å². The maximum Gasteiger partial charge on any atom is 0.198 e. The Morgan fingerprint density at radius 3 is 2.14 bits per heavy atom. The molecule has 0 radical (unpaired) electrons. The highest BCUT2D eigenvalue weighted by molar-refractivity contribution is 6.30. The van der Waals surface area contributed by atoms with Crippen LogP contribution in [0.3, 0.4) is 0 Å². The van der Waals surface area contributed by atoms with Crippen molar-refractivity contribution in [2.75, 3.05) is 14.1 Å². The van der Waals surface area contributed by atoms with E-state index in [2.05, 4.69) is 4.99 Å². The fourth-order valence-corrected chi connectivity index (χ4v) is 2.47. The molecular weight excluding hydrogens is 280 g/mol. The molecule has 0 saturated carbocycles. The molecule has 0 fully saturated rings. The SMILES string of the molecule is CN(C)C=Nc1ccc(O)c2c1C(=O)c1ccccc1C2=O. The molecule has 2 aromatic rings. The molecular formula is C17H14N2O3. The number of phenols is 1. The molecule has 0 saturated heterocycles. The first kappa shape index (κ1) is 14.0. The zero-order valence-electron chi connectivity index (χ0n) is 12.2. The minimum Gasteiger partial charge on any atom is -0.507 e. The summed E-state index contributed by atoms with van der Waals surface area (Å²) in [5, 5.41) is 10.0. The fourth-order valence-electron chi connectivity index (χ4n) is 2.47. The lowest BCUT2D eigenvalue weighted by atomic mass is 9.83. The molecule has 3 rings (SSSR count). The van der Waals surface area contributed by atoms with Gasteiger partial charge in [-0.1, -0.05) is 24.3 Å². The number of aliphatic imine (C=N–C) groups is 1. The maximum atomic E-state index is 12.7. The molecule has 0 spiro atoms. The van der Waals surface area contributed by atoms with E-state index in [1.807, 2.05) is 0 Å². The third-order valence-electron chi connectivity index (χ3n) is 3.46. The number of nitrogens with zero attached hydrogens (tertiary/aromatic N) is 2. The molecule has 5 heteroatoms. The lowest BCUT2D eigenvalue weighted by molar-refractivity contribution is 0.0977. The molecule has 1 N–H and O–H groups in total. The predicted octanol–water partition coefficient (Wildman–Crippen LogP) is 2.39. The molecule has 1 aliphatic rings. The van der Waals surface area contributed by atoms with Gasteiger partial charge in [0.25, 0.3) is 0 Å². The summed E-state index contributed by atoms with van der Waals surface area (Å²) < 4.78 is 0. The van der Waals surface area contributed by atoms with Crippen molar-refractivity contribution in [3.05, 3.63) is 58.7 Å². The zero-order chi connectivity index (χ0) is 15.9. The van der Waals surface area contributed by atoms with Gasteiger partial charge < -0.3 is 10.0 Å². The minimum atomic E-state index is -0.357. The number of ketones is 2. The Morgan fingerprint density at radius 2 is 1.55 bits per heavy atom. The number of aromatic hydroxyl groups is 1. The number of fused-ring (bicyclic) bond motifs is 2. The standard InChI is InChI=1S/C17H14N2O3/c1-19(2)9-18-12-7-8-13(20)15-14(12)16(21)10-5-3-4-6-11(10)17(15)22/h3-9,20H,1-2H3. The van der Waals surface area contributed by atoms with Gasteiger partial charge in [0.15, 0.2) is 11.6 Å². The van der Waals surface area contributed by atoms with Gasteiger partial charge in [0.2, 0.25) is 0 Å². The quantitative estimate of drug-likeness (QED) is 0.582. The van der Waals surface area contributed by atoms with Gasteiger partial charge in [-0.05, 0) is 12.1 Å². The highest BCUT2D eigenvalue weighted by Crippen LogP contribution is 2.37. The number of phenolic OH excluding ortho intramolecular Hbond substituents is 1. The normalized spacial score (nSPS) is 13.2. The van der Waals surface area contributed by atoms with Crippen LogP contribution in [-0.4, -0.2) is 42.0 Å². The number of hydrogen-bond donors (Lipinski definition) is 1. The molecule has 0 heterocycles. The number of hydrogen-bond acceptors (Lipinski definition) is 4. The van der Waals surface area contributed by atoms with Crippen molar-refractivity contribution >= 4 is 23.6 Å². The molecule has 0 unspecified atom stereocenters. The van der Waals surface area contributed by atoms with E-state index >= 15 is 0 Å². The summed E-state index contributed by atoms with van der Waals surface area (Å²) in [6.07, 6.45) is 1.55. The molecule has 0 aromatic heterocycles. The number of benzene rings is 2. The van der Waals surface area contributed by atoms with E-state index in [1.54, 1.807) is 49.6 Å². The van der Waals surface area contributed by atoms with Crippen LogP contribution in [0, 0.1) is 0 Å². The van der Waals surface area contributed by atoms with Gasteiger partial charge in [-0.3, -0.25) is 9.59 Å². The van der Waals surface area contributed by atoms with E-state index in [1.165, 1.54) is 12.1 Å². The molecule has 0 bridgehead atoms. The maximum absolute atomic E-state index is 12.7. The van der Waals surface area contributed by atoms with E-state index in [0.29, 0.717) is 16.8 Å².